The van der Waals surface area contributed by atoms with E-state index in [0.717, 1.165) is 6.54 Å². The molecule has 0 fully saturated rings. The van der Waals surface area contributed by atoms with Crippen LogP contribution in [0.1, 0.15) is 31.9 Å². The van der Waals surface area contributed by atoms with Crippen molar-refractivity contribution in [1.29, 1.82) is 0 Å². The molecule has 0 N–H and O–H groups in total. The average molecular weight is 532 g/mol. The average Bonchev–Trinajstić information content (AvgIpc) is 3.01. The molecule has 2 nitrogen and oxygen atoms in total. The summed E-state index contributed by atoms with van der Waals surface area (Å²) in [4.78, 5) is 2.47. The molecule has 3 aromatic carbocycles. The van der Waals surface area contributed by atoms with Crippen LogP contribution in [0.2, 0.25) is 0 Å². The number of para-hydroxylation sites is 1. The molecule has 162 valence electrons. The Morgan fingerprint density at radius 3 is 2.41 bits per heavy atom. The van der Waals surface area contributed by atoms with Gasteiger partial charge < -0.3 is 28.9 Å². The van der Waals surface area contributed by atoms with Gasteiger partial charge in [-0.05, 0) is 47.0 Å². The summed E-state index contributed by atoms with van der Waals surface area (Å²) in [5, 5.41) is 3.94. The van der Waals surface area contributed by atoms with Crippen LogP contribution in [0.5, 0.6) is 0 Å². The van der Waals surface area contributed by atoms with Crippen molar-refractivity contribution in [3.05, 3.63) is 102 Å². The summed E-state index contributed by atoms with van der Waals surface area (Å²) in [6, 6.07) is 24.1. The quantitative estimate of drug-likeness (QED) is 0.289. The van der Waals surface area contributed by atoms with Crippen molar-refractivity contribution in [1.82, 2.24) is 0 Å². The highest BCUT2D eigenvalue weighted by Gasteiger charge is 2.40. The van der Waals surface area contributed by atoms with Gasteiger partial charge in [0.1, 0.15) is 7.05 Å². The number of anilines is 1. The summed E-state index contributed by atoms with van der Waals surface area (Å²) >= 11 is 0. The highest BCUT2D eigenvalue weighted by atomic mass is 127. The minimum atomic E-state index is -0.0538. The van der Waals surface area contributed by atoms with Gasteiger partial charge in [0.2, 0.25) is 5.52 Å². The second kappa shape index (κ2) is 8.70. The van der Waals surface area contributed by atoms with E-state index in [9.17, 15) is 0 Å². The fraction of sp³-hybridized carbons (Fsp3) is 0.207. The third-order valence-electron chi connectivity index (χ3n) is 6.67. The Balaban J connectivity index is 0.00000245. The van der Waals surface area contributed by atoms with Crippen molar-refractivity contribution < 1.29 is 28.5 Å². The molecule has 32 heavy (non-hydrogen) atoms. The highest BCUT2D eigenvalue weighted by molar-refractivity contribution is 5.95. The van der Waals surface area contributed by atoms with E-state index in [4.69, 9.17) is 0 Å². The molecule has 0 saturated heterocycles. The molecule has 3 heteroatoms. The van der Waals surface area contributed by atoms with Crippen LogP contribution in [0.3, 0.4) is 0 Å². The maximum Gasteiger partial charge on any atom is 0.212 e. The second-order valence-corrected chi connectivity index (χ2v) is 8.86. The third kappa shape index (κ3) is 3.53. The van der Waals surface area contributed by atoms with Crippen molar-refractivity contribution in [3.8, 4) is 0 Å². The molecule has 5 rings (SSSR count). The smallest absolute Gasteiger partial charge is 0.212 e. The molecular weight excluding hydrogens is 503 g/mol. The van der Waals surface area contributed by atoms with Crippen molar-refractivity contribution in [2.24, 2.45) is 7.05 Å². The zero-order valence-corrected chi connectivity index (χ0v) is 21.3. The van der Waals surface area contributed by atoms with Gasteiger partial charge >= 0.3 is 0 Å². The van der Waals surface area contributed by atoms with E-state index in [2.05, 4.69) is 128 Å². The fourth-order valence-electron chi connectivity index (χ4n) is 5.15. The largest absolute Gasteiger partial charge is 1.00 e. The first-order valence-corrected chi connectivity index (χ1v) is 11.1. The maximum absolute atomic E-state index is 2.47. The molecule has 0 radical (unpaired) electrons. The lowest BCUT2D eigenvalue weighted by Gasteiger charge is -2.26. The first-order chi connectivity index (χ1) is 15.0. The van der Waals surface area contributed by atoms with Crippen LogP contribution < -0.4 is 33.4 Å². The molecule has 0 amide bonds. The van der Waals surface area contributed by atoms with E-state index >= 15 is 0 Å². The summed E-state index contributed by atoms with van der Waals surface area (Å²) in [5.74, 6) is 0. The van der Waals surface area contributed by atoms with Crippen LogP contribution in [0.25, 0.3) is 27.8 Å². The van der Waals surface area contributed by atoms with E-state index in [1.165, 1.54) is 44.2 Å². The predicted molar refractivity (Wildman–Crippen MR) is 132 cm³/mol. The van der Waals surface area contributed by atoms with Crippen LogP contribution in [0.15, 0.2) is 90.8 Å². The fourth-order valence-corrected chi connectivity index (χ4v) is 5.15. The Morgan fingerprint density at radius 1 is 0.906 bits per heavy atom. The van der Waals surface area contributed by atoms with Crippen molar-refractivity contribution in [2.75, 3.05) is 11.4 Å². The SMILES string of the molecule is CCN1C(=CC=Cc2cc[n+](C)c3ccccc23)C(C)(C)c2c1ccc1ccccc21.[I-]. The number of allylic oxidation sites excluding steroid dienone is 3. The minimum absolute atomic E-state index is 0. The predicted octanol–water partition coefficient (Wildman–Crippen LogP) is 3.54. The lowest BCUT2D eigenvalue weighted by Crippen LogP contribution is -3.00. The topological polar surface area (TPSA) is 7.12 Å². The highest BCUT2D eigenvalue weighted by Crippen LogP contribution is 2.50. The van der Waals surface area contributed by atoms with Gasteiger partial charge in [-0.2, -0.15) is 0 Å². The van der Waals surface area contributed by atoms with Crippen LogP contribution in [-0.4, -0.2) is 6.54 Å². The molecule has 1 aromatic heterocycles. The number of benzene rings is 3. The van der Waals surface area contributed by atoms with Gasteiger partial charge in [-0.25, -0.2) is 4.57 Å². The number of fused-ring (bicyclic) bond motifs is 4. The van der Waals surface area contributed by atoms with Crippen molar-refractivity contribution in [2.45, 2.75) is 26.2 Å². The van der Waals surface area contributed by atoms with Crippen molar-refractivity contribution in [3.63, 3.8) is 0 Å². The molecule has 0 unspecified atom stereocenters. The van der Waals surface area contributed by atoms with Gasteiger partial charge in [-0.3, -0.25) is 0 Å². The zero-order valence-electron chi connectivity index (χ0n) is 19.1. The van der Waals surface area contributed by atoms with Crippen LogP contribution in [0.4, 0.5) is 5.69 Å². The molecule has 0 saturated carbocycles. The number of halogens is 1. The Morgan fingerprint density at radius 2 is 1.62 bits per heavy atom. The number of aryl methyl sites for hydroxylation is 1. The molecule has 2 heterocycles. The van der Waals surface area contributed by atoms with E-state index in [1.807, 2.05) is 0 Å². The monoisotopic (exact) mass is 532 g/mol. The number of hydrogen-bond donors (Lipinski definition) is 0. The number of rotatable bonds is 3. The van der Waals surface area contributed by atoms with Crippen LogP contribution >= 0.6 is 0 Å². The summed E-state index contributed by atoms with van der Waals surface area (Å²) in [6.07, 6.45) is 8.89. The van der Waals surface area contributed by atoms with Gasteiger partial charge in [0.05, 0.1) is 5.39 Å². The summed E-state index contributed by atoms with van der Waals surface area (Å²) in [5.41, 5.74) is 6.55. The zero-order chi connectivity index (χ0) is 21.6. The third-order valence-corrected chi connectivity index (χ3v) is 6.67. The summed E-state index contributed by atoms with van der Waals surface area (Å²) in [6.45, 7) is 7.90. The maximum atomic E-state index is 2.47. The number of nitrogens with zero attached hydrogens (tertiary/aromatic N) is 2. The summed E-state index contributed by atoms with van der Waals surface area (Å²) < 4.78 is 2.17. The minimum Gasteiger partial charge on any atom is -1.00 e. The van der Waals surface area contributed by atoms with Gasteiger partial charge in [-0.1, -0.05) is 68.5 Å². The Bertz CT molecular complexity index is 1360. The molecule has 1 aliphatic heterocycles. The number of likely N-dealkylation sites (N-methyl/N-ethyl adjacent to an activating group) is 1. The van der Waals surface area contributed by atoms with Gasteiger partial charge in [0.25, 0.3) is 0 Å². The molecule has 0 spiro atoms. The molecule has 4 aromatic rings. The molecule has 0 aliphatic carbocycles. The van der Waals surface area contributed by atoms with Crippen LogP contribution in [0, 0.1) is 0 Å². The first-order valence-electron chi connectivity index (χ1n) is 11.1. The first kappa shape index (κ1) is 22.5. The Labute approximate surface area is 207 Å². The van der Waals surface area contributed by atoms with Gasteiger partial charge in [-0.15, -0.1) is 0 Å². The second-order valence-electron chi connectivity index (χ2n) is 8.86. The van der Waals surface area contributed by atoms with E-state index in [-0.39, 0.29) is 29.4 Å². The van der Waals surface area contributed by atoms with Crippen molar-refractivity contribution >= 4 is 33.4 Å². The lowest BCUT2D eigenvalue weighted by molar-refractivity contribution is -0.644. The standard InChI is InChI=1S/C29H29N2.HI/c1-5-31-26-18-17-21-11-6-7-14-24(21)28(26)29(2,3)27(31)16-10-12-22-19-20-30(4)25-15-9-8-13-23(22)25;/h6-20H,5H2,1-4H3;1H/q+1;/p-1. The van der Waals surface area contributed by atoms with Crippen LogP contribution in [-0.2, 0) is 12.5 Å². The molecule has 0 atom stereocenters. The van der Waals surface area contributed by atoms with Gasteiger partial charge in [0.15, 0.2) is 6.20 Å². The number of hydrogen-bond acceptors (Lipinski definition) is 1. The van der Waals surface area contributed by atoms with Gasteiger partial charge in [0, 0.05) is 35.5 Å². The number of pyridine rings is 1. The lowest BCUT2D eigenvalue weighted by atomic mass is 9.81. The van der Waals surface area contributed by atoms with E-state index < -0.39 is 0 Å². The molecule has 1 aliphatic rings. The van der Waals surface area contributed by atoms with E-state index in [0.29, 0.717) is 0 Å². The Hall–Kier alpha value is -2.66. The molecular formula is C29H29IN2. The summed E-state index contributed by atoms with van der Waals surface area (Å²) in [7, 11) is 2.10. The Kier molecular flexibility index (Phi) is 6.13. The molecule has 0 bridgehead atoms. The number of aromatic nitrogens is 1. The normalized spacial score (nSPS) is 16.1. The van der Waals surface area contributed by atoms with E-state index in [1.54, 1.807) is 0 Å².